The standard InChI is InChI=1S/C20H22N4O/c1-16-6-5-7-17(14-16)15-24(20-22-11-10-19(21)23-20)12-13-25-18-8-3-2-4-9-18/h2-11,14H,12-13,15H2,1H3,(H2,21,22,23). The number of anilines is 2. The van der Waals surface area contributed by atoms with Crippen LogP contribution in [0.3, 0.4) is 0 Å². The first-order valence-electron chi connectivity index (χ1n) is 8.27. The Labute approximate surface area is 148 Å². The Balaban J connectivity index is 1.72. The lowest BCUT2D eigenvalue weighted by Crippen LogP contribution is -2.29. The molecule has 0 amide bonds. The van der Waals surface area contributed by atoms with Gasteiger partial charge in [-0.05, 0) is 30.7 Å². The summed E-state index contributed by atoms with van der Waals surface area (Å²) in [4.78, 5) is 10.8. The highest BCUT2D eigenvalue weighted by atomic mass is 16.5. The Morgan fingerprint density at radius 2 is 1.88 bits per heavy atom. The smallest absolute Gasteiger partial charge is 0.227 e. The van der Waals surface area contributed by atoms with Crippen LogP contribution in [0, 0.1) is 6.92 Å². The summed E-state index contributed by atoms with van der Waals surface area (Å²) in [5.74, 6) is 1.92. The molecule has 25 heavy (non-hydrogen) atoms. The van der Waals surface area contributed by atoms with Crippen LogP contribution < -0.4 is 15.4 Å². The molecular formula is C20H22N4O. The van der Waals surface area contributed by atoms with Crippen LogP contribution in [0.1, 0.15) is 11.1 Å². The number of nitrogens with zero attached hydrogens (tertiary/aromatic N) is 3. The van der Waals surface area contributed by atoms with E-state index in [2.05, 4.69) is 46.1 Å². The average Bonchev–Trinajstić information content (AvgIpc) is 2.62. The molecule has 0 radical (unpaired) electrons. The third-order valence-electron chi connectivity index (χ3n) is 3.78. The number of hydrogen-bond donors (Lipinski definition) is 1. The fourth-order valence-corrected chi connectivity index (χ4v) is 2.59. The summed E-state index contributed by atoms with van der Waals surface area (Å²) in [6.07, 6.45) is 1.68. The summed E-state index contributed by atoms with van der Waals surface area (Å²) in [5, 5.41) is 0. The molecule has 2 N–H and O–H groups in total. The van der Waals surface area contributed by atoms with E-state index in [1.807, 2.05) is 30.3 Å². The Morgan fingerprint density at radius 3 is 2.64 bits per heavy atom. The van der Waals surface area contributed by atoms with Crippen molar-refractivity contribution in [2.45, 2.75) is 13.5 Å². The molecular weight excluding hydrogens is 312 g/mol. The summed E-state index contributed by atoms with van der Waals surface area (Å²) < 4.78 is 5.82. The van der Waals surface area contributed by atoms with E-state index in [4.69, 9.17) is 10.5 Å². The number of ether oxygens (including phenoxy) is 1. The number of nitrogens with two attached hydrogens (primary N) is 1. The maximum Gasteiger partial charge on any atom is 0.227 e. The van der Waals surface area contributed by atoms with Crippen LogP contribution in [-0.4, -0.2) is 23.1 Å². The molecule has 0 aliphatic rings. The molecule has 1 aromatic heterocycles. The molecule has 3 aromatic rings. The van der Waals surface area contributed by atoms with E-state index in [1.54, 1.807) is 12.3 Å². The quantitative estimate of drug-likeness (QED) is 0.717. The zero-order valence-electron chi connectivity index (χ0n) is 14.3. The predicted octanol–water partition coefficient (Wildman–Crippen LogP) is 3.45. The van der Waals surface area contributed by atoms with Crippen molar-refractivity contribution in [1.29, 1.82) is 0 Å². The van der Waals surface area contributed by atoms with E-state index in [0.29, 0.717) is 31.5 Å². The van der Waals surface area contributed by atoms with Gasteiger partial charge in [0.1, 0.15) is 18.2 Å². The van der Waals surface area contributed by atoms with Crippen molar-refractivity contribution in [3.05, 3.63) is 78.0 Å². The monoisotopic (exact) mass is 334 g/mol. The van der Waals surface area contributed by atoms with Gasteiger partial charge >= 0.3 is 0 Å². The van der Waals surface area contributed by atoms with Gasteiger partial charge in [0.25, 0.3) is 0 Å². The lowest BCUT2D eigenvalue weighted by molar-refractivity contribution is 0.322. The van der Waals surface area contributed by atoms with Crippen LogP contribution in [0.25, 0.3) is 0 Å². The van der Waals surface area contributed by atoms with Crippen LogP contribution in [-0.2, 0) is 6.54 Å². The van der Waals surface area contributed by atoms with Gasteiger partial charge in [-0.3, -0.25) is 0 Å². The SMILES string of the molecule is Cc1cccc(CN(CCOc2ccccc2)c2nccc(N)n2)c1. The fraction of sp³-hybridized carbons (Fsp3) is 0.200. The fourth-order valence-electron chi connectivity index (χ4n) is 2.59. The Morgan fingerprint density at radius 1 is 1.04 bits per heavy atom. The molecule has 0 aliphatic carbocycles. The normalized spacial score (nSPS) is 10.4. The van der Waals surface area contributed by atoms with Crippen molar-refractivity contribution in [2.24, 2.45) is 0 Å². The number of nitrogen functional groups attached to an aromatic ring is 1. The van der Waals surface area contributed by atoms with Gasteiger partial charge in [0.05, 0.1) is 6.54 Å². The molecule has 0 saturated carbocycles. The van der Waals surface area contributed by atoms with Gasteiger partial charge in [-0.25, -0.2) is 4.98 Å². The number of benzene rings is 2. The van der Waals surface area contributed by atoms with Crippen molar-refractivity contribution in [1.82, 2.24) is 9.97 Å². The second kappa shape index (κ2) is 8.15. The summed E-state index contributed by atoms with van der Waals surface area (Å²) in [5.41, 5.74) is 8.25. The molecule has 1 heterocycles. The van der Waals surface area contributed by atoms with Crippen molar-refractivity contribution in [3.63, 3.8) is 0 Å². The van der Waals surface area contributed by atoms with Crippen molar-refractivity contribution in [3.8, 4) is 5.75 Å². The Hall–Kier alpha value is -3.08. The highest BCUT2D eigenvalue weighted by molar-refractivity contribution is 5.39. The molecule has 0 aliphatic heterocycles. The second-order valence-corrected chi connectivity index (χ2v) is 5.85. The molecule has 0 fully saturated rings. The van der Waals surface area contributed by atoms with Gasteiger partial charge in [0.2, 0.25) is 5.95 Å². The molecule has 0 spiro atoms. The molecule has 2 aromatic carbocycles. The van der Waals surface area contributed by atoms with Crippen LogP contribution in [0.15, 0.2) is 66.9 Å². The topological polar surface area (TPSA) is 64.3 Å². The molecule has 5 nitrogen and oxygen atoms in total. The zero-order valence-corrected chi connectivity index (χ0v) is 14.3. The van der Waals surface area contributed by atoms with Crippen LogP contribution in [0.2, 0.25) is 0 Å². The summed E-state index contributed by atoms with van der Waals surface area (Å²) in [6.45, 7) is 3.98. The van der Waals surface area contributed by atoms with E-state index in [0.717, 1.165) is 5.75 Å². The molecule has 5 heteroatoms. The maximum atomic E-state index is 5.82. The van der Waals surface area contributed by atoms with Gasteiger partial charge in [0, 0.05) is 12.7 Å². The number of para-hydroxylation sites is 1. The van der Waals surface area contributed by atoms with Gasteiger partial charge in [-0.1, -0.05) is 48.0 Å². The molecule has 3 rings (SSSR count). The van der Waals surface area contributed by atoms with Crippen LogP contribution >= 0.6 is 0 Å². The number of aromatic nitrogens is 2. The predicted molar refractivity (Wildman–Crippen MR) is 101 cm³/mol. The Kier molecular flexibility index (Phi) is 5.46. The first kappa shape index (κ1) is 16.8. The van der Waals surface area contributed by atoms with Crippen molar-refractivity contribution < 1.29 is 4.74 Å². The minimum absolute atomic E-state index is 0.461. The van der Waals surface area contributed by atoms with Crippen LogP contribution in [0.5, 0.6) is 5.75 Å². The number of aryl methyl sites for hydroxylation is 1. The molecule has 0 unspecified atom stereocenters. The van der Waals surface area contributed by atoms with Gasteiger partial charge in [-0.2, -0.15) is 4.98 Å². The van der Waals surface area contributed by atoms with Crippen molar-refractivity contribution >= 4 is 11.8 Å². The van der Waals surface area contributed by atoms with E-state index >= 15 is 0 Å². The highest BCUT2D eigenvalue weighted by Crippen LogP contribution is 2.15. The average molecular weight is 334 g/mol. The van der Waals surface area contributed by atoms with Gasteiger partial charge in [-0.15, -0.1) is 0 Å². The first-order chi connectivity index (χ1) is 12.2. The van der Waals surface area contributed by atoms with E-state index < -0.39 is 0 Å². The maximum absolute atomic E-state index is 5.82. The van der Waals surface area contributed by atoms with Crippen molar-refractivity contribution in [2.75, 3.05) is 23.8 Å². The second-order valence-electron chi connectivity index (χ2n) is 5.85. The molecule has 128 valence electrons. The molecule has 0 bridgehead atoms. The largest absolute Gasteiger partial charge is 0.492 e. The first-order valence-corrected chi connectivity index (χ1v) is 8.27. The summed E-state index contributed by atoms with van der Waals surface area (Å²) in [6, 6.07) is 19.9. The van der Waals surface area contributed by atoms with E-state index in [1.165, 1.54) is 11.1 Å². The van der Waals surface area contributed by atoms with Crippen LogP contribution in [0.4, 0.5) is 11.8 Å². The van der Waals surface area contributed by atoms with E-state index in [-0.39, 0.29) is 0 Å². The van der Waals surface area contributed by atoms with E-state index in [9.17, 15) is 0 Å². The summed E-state index contributed by atoms with van der Waals surface area (Å²) in [7, 11) is 0. The molecule has 0 atom stereocenters. The Bertz CT molecular complexity index is 808. The lowest BCUT2D eigenvalue weighted by Gasteiger charge is -2.23. The third kappa shape index (κ3) is 4.94. The number of rotatable bonds is 7. The minimum atomic E-state index is 0.461. The minimum Gasteiger partial charge on any atom is -0.492 e. The molecule has 0 saturated heterocycles. The highest BCUT2D eigenvalue weighted by Gasteiger charge is 2.11. The lowest BCUT2D eigenvalue weighted by atomic mass is 10.1. The van der Waals surface area contributed by atoms with Gasteiger partial charge < -0.3 is 15.4 Å². The zero-order chi connectivity index (χ0) is 17.5. The number of hydrogen-bond acceptors (Lipinski definition) is 5. The summed E-state index contributed by atoms with van der Waals surface area (Å²) >= 11 is 0. The van der Waals surface area contributed by atoms with Gasteiger partial charge in [0.15, 0.2) is 0 Å². The third-order valence-corrected chi connectivity index (χ3v) is 3.78.